The Labute approximate surface area is 139 Å². The Balaban J connectivity index is 1.83. The maximum absolute atomic E-state index is 12.4. The van der Waals surface area contributed by atoms with Crippen molar-refractivity contribution < 1.29 is 13.2 Å². The largest absolute Gasteiger partial charge is 0.494 e. The van der Waals surface area contributed by atoms with Gasteiger partial charge in [0.2, 0.25) is 0 Å². The minimum absolute atomic E-state index is 0.119. The molecule has 0 amide bonds. The van der Waals surface area contributed by atoms with Gasteiger partial charge in [0.25, 0.3) is 10.0 Å². The normalized spacial score (nSPS) is 11.2. The molecular weight excluding hydrogens is 330 g/mol. The van der Waals surface area contributed by atoms with E-state index in [1.807, 2.05) is 6.92 Å². The van der Waals surface area contributed by atoms with Crippen LogP contribution in [0.2, 0.25) is 0 Å². The fraction of sp³-hybridized carbons (Fsp3) is 0.133. The van der Waals surface area contributed by atoms with Crippen LogP contribution in [0.4, 0.5) is 5.82 Å². The summed E-state index contributed by atoms with van der Waals surface area (Å²) in [4.78, 5) is 12.1. The van der Waals surface area contributed by atoms with Gasteiger partial charge < -0.3 is 4.74 Å². The second-order valence-corrected chi connectivity index (χ2v) is 6.42. The topological polar surface area (TPSA) is 99.0 Å². The van der Waals surface area contributed by atoms with E-state index in [-0.39, 0.29) is 10.7 Å². The van der Waals surface area contributed by atoms with Gasteiger partial charge in [-0.2, -0.15) is 0 Å². The number of hydrogen-bond donors (Lipinski definition) is 1. The van der Waals surface area contributed by atoms with Crippen LogP contribution in [0.1, 0.15) is 6.92 Å². The summed E-state index contributed by atoms with van der Waals surface area (Å²) in [6.45, 7) is 2.38. The predicted octanol–water partition coefficient (Wildman–Crippen LogP) is 1.86. The third kappa shape index (κ3) is 3.51. The summed E-state index contributed by atoms with van der Waals surface area (Å²) in [6.07, 6.45) is 6.15. The number of nitrogens with zero attached hydrogens (tertiary/aromatic N) is 4. The number of sulfonamides is 1. The van der Waals surface area contributed by atoms with Crippen LogP contribution >= 0.6 is 0 Å². The zero-order valence-electron chi connectivity index (χ0n) is 12.8. The highest BCUT2D eigenvalue weighted by atomic mass is 32.2. The number of imidazole rings is 1. The summed E-state index contributed by atoms with van der Waals surface area (Å²) in [6, 6.07) is 7.69. The van der Waals surface area contributed by atoms with E-state index in [1.165, 1.54) is 24.5 Å². The van der Waals surface area contributed by atoms with Gasteiger partial charge in [0.1, 0.15) is 30.0 Å². The van der Waals surface area contributed by atoms with Crippen LogP contribution in [0, 0.1) is 0 Å². The lowest BCUT2D eigenvalue weighted by atomic mass is 10.3. The lowest BCUT2D eigenvalue weighted by molar-refractivity contribution is 0.340. The molecule has 1 aromatic carbocycles. The number of benzene rings is 1. The molecule has 0 bridgehead atoms. The van der Waals surface area contributed by atoms with Crippen molar-refractivity contribution in [2.75, 3.05) is 11.3 Å². The highest BCUT2D eigenvalue weighted by Crippen LogP contribution is 2.19. The van der Waals surface area contributed by atoms with E-state index in [9.17, 15) is 8.42 Å². The van der Waals surface area contributed by atoms with Gasteiger partial charge in [-0.25, -0.2) is 23.4 Å². The number of nitrogens with one attached hydrogen (secondary N) is 1. The number of anilines is 1. The van der Waals surface area contributed by atoms with Gasteiger partial charge in [-0.3, -0.25) is 9.29 Å². The quantitative estimate of drug-likeness (QED) is 0.732. The molecule has 0 spiro atoms. The minimum Gasteiger partial charge on any atom is -0.494 e. The highest BCUT2D eigenvalue weighted by molar-refractivity contribution is 7.92. The molecule has 1 N–H and O–H groups in total. The molecule has 24 heavy (non-hydrogen) atoms. The standard InChI is InChI=1S/C15H15N5O3S/c1-2-23-12-3-5-13(6-4-12)24(21,22)19-14-9-15(18-10-17-14)20-8-7-16-11-20/h3-11H,2H2,1H3,(H,17,18,19). The van der Waals surface area contributed by atoms with Crippen LogP contribution in [0.3, 0.4) is 0 Å². The molecule has 3 rings (SSSR count). The van der Waals surface area contributed by atoms with Gasteiger partial charge in [0, 0.05) is 18.5 Å². The molecule has 9 heteroatoms. The lowest BCUT2D eigenvalue weighted by Gasteiger charge is -2.09. The Hall–Kier alpha value is -2.94. The molecule has 0 aliphatic carbocycles. The minimum atomic E-state index is -3.75. The molecule has 3 aromatic rings. The third-order valence-electron chi connectivity index (χ3n) is 3.11. The third-order valence-corrected chi connectivity index (χ3v) is 4.48. The maximum atomic E-state index is 12.4. The smallest absolute Gasteiger partial charge is 0.263 e. The van der Waals surface area contributed by atoms with E-state index >= 15 is 0 Å². The molecule has 0 unspecified atom stereocenters. The van der Waals surface area contributed by atoms with Crippen LogP contribution in [0.25, 0.3) is 5.82 Å². The predicted molar refractivity (Wildman–Crippen MR) is 87.6 cm³/mol. The van der Waals surface area contributed by atoms with Crippen molar-refractivity contribution in [2.45, 2.75) is 11.8 Å². The van der Waals surface area contributed by atoms with E-state index < -0.39 is 10.0 Å². The Morgan fingerprint density at radius 2 is 2.00 bits per heavy atom. The Morgan fingerprint density at radius 3 is 2.67 bits per heavy atom. The Bertz CT molecular complexity index is 909. The van der Waals surface area contributed by atoms with Gasteiger partial charge in [-0.1, -0.05) is 0 Å². The van der Waals surface area contributed by atoms with Crippen LogP contribution in [-0.4, -0.2) is 34.5 Å². The first kappa shape index (κ1) is 15.9. The summed E-state index contributed by atoms with van der Waals surface area (Å²) >= 11 is 0. The molecule has 0 atom stereocenters. The summed E-state index contributed by atoms with van der Waals surface area (Å²) in [5, 5.41) is 0. The molecule has 0 aliphatic rings. The molecule has 0 aliphatic heterocycles. The first-order valence-electron chi connectivity index (χ1n) is 7.14. The Morgan fingerprint density at radius 1 is 1.21 bits per heavy atom. The van der Waals surface area contributed by atoms with Crippen molar-refractivity contribution in [3.8, 4) is 11.6 Å². The molecule has 0 saturated heterocycles. The van der Waals surface area contributed by atoms with E-state index in [0.717, 1.165) is 0 Å². The molecule has 0 radical (unpaired) electrons. The molecule has 2 aromatic heterocycles. The SMILES string of the molecule is CCOc1ccc(S(=O)(=O)Nc2cc(-n3ccnc3)ncn2)cc1. The fourth-order valence-corrected chi connectivity index (χ4v) is 3.02. The average Bonchev–Trinajstić information content (AvgIpc) is 3.10. The number of rotatable bonds is 6. The summed E-state index contributed by atoms with van der Waals surface area (Å²) in [5.41, 5.74) is 0. The molecular formula is C15H15N5O3S. The first-order valence-corrected chi connectivity index (χ1v) is 8.63. The molecule has 2 heterocycles. The van der Waals surface area contributed by atoms with Crippen molar-refractivity contribution in [3.05, 3.63) is 55.4 Å². The van der Waals surface area contributed by atoms with Crippen molar-refractivity contribution in [2.24, 2.45) is 0 Å². The van der Waals surface area contributed by atoms with Gasteiger partial charge in [-0.05, 0) is 31.2 Å². The zero-order chi connectivity index (χ0) is 17.0. The zero-order valence-corrected chi connectivity index (χ0v) is 13.6. The van der Waals surface area contributed by atoms with Gasteiger partial charge in [-0.15, -0.1) is 0 Å². The van der Waals surface area contributed by atoms with E-state index in [4.69, 9.17) is 4.74 Å². The number of hydrogen-bond acceptors (Lipinski definition) is 6. The van der Waals surface area contributed by atoms with Crippen molar-refractivity contribution in [3.63, 3.8) is 0 Å². The van der Waals surface area contributed by atoms with Crippen LogP contribution < -0.4 is 9.46 Å². The van der Waals surface area contributed by atoms with Crippen LogP contribution in [0.15, 0.2) is 60.3 Å². The average molecular weight is 345 g/mol. The molecule has 0 saturated carbocycles. The second kappa shape index (κ2) is 6.67. The van der Waals surface area contributed by atoms with Gasteiger partial charge >= 0.3 is 0 Å². The number of aromatic nitrogens is 4. The molecule has 8 nitrogen and oxygen atoms in total. The van der Waals surface area contributed by atoms with Gasteiger partial charge in [0.05, 0.1) is 11.5 Å². The van der Waals surface area contributed by atoms with E-state index in [0.29, 0.717) is 18.2 Å². The van der Waals surface area contributed by atoms with Crippen molar-refractivity contribution in [1.82, 2.24) is 19.5 Å². The monoisotopic (exact) mass is 345 g/mol. The Kier molecular flexibility index (Phi) is 4.43. The molecule has 124 valence electrons. The van der Waals surface area contributed by atoms with Gasteiger partial charge in [0.15, 0.2) is 0 Å². The van der Waals surface area contributed by atoms with Crippen molar-refractivity contribution >= 4 is 15.8 Å². The van der Waals surface area contributed by atoms with Crippen LogP contribution in [0.5, 0.6) is 5.75 Å². The van der Waals surface area contributed by atoms with E-state index in [1.54, 1.807) is 35.4 Å². The van der Waals surface area contributed by atoms with E-state index in [2.05, 4.69) is 19.7 Å². The lowest BCUT2D eigenvalue weighted by Crippen LogP contribution is -2.14. The number of ether oxygens (including phenoxy) is 1. The molecule has 0 fully saturated rings. The summed E-state index contributed by atoms with van der Waals surface area (Å²) in [7, 11) is -3.75. The van der Waals surface area contributed by atoms with Crippen molar-refractivity contribution in [1.29, 1.82) is 0 Å². The second-order valence-electron chi connectivity index (χ2n) is 4.74. The summed E-state index contributed by atoms with van der Waals surface area (Å²) < 4.78 is 34.3. The van der Waals surface area contributed by atoms with Crippen LogP contribution in [-0.2, 0) is 10.0 Å². The first-order chi connectivity index (χ1) is 11.6. The maximum Gasteiger partial charge on any atom is 0.263 e. The fourth-order valence-electron chi connectivity index (χ4n) is 2.02. The summed E-state index contributed by atoms with van der Waals surface area (Å²) in [5.74, 6) is 1.29. The highest BCUT2D eigenvalue weighted by Gasteiger charge is 2.15.